The first-order valence-electron chi connectivity index (χ1n) is 7.78. The molecule has 1 saturated heterocycles. The third kappa shape index (κ3) is 4.43. The summed E-state index contributed by atoms with van der Waals surface area (Å²) in [5.41, 5.74) is 1.29. The fourth-order valence-corrected chi connectivity index (χ4v) is 3.66. The zero-order chi connectivity index (χ0) is 14.2. The quantitative estimate of drug-likeness (QED) is 0.749. The highest BCUT2D eigenvalue weighted by Gasteiger charge is 2.17. The van der Waals surface area contributed by atoms with E-state index in [1.807, 2.05) is 11.3 Å². The molecule has 2 rings (SSSR count). The molecule has 0 amide bonds. The van der Waals surface area contributed by atoms with E-state index in [4.69, 9.17) is 9.72 Å². The Balaban J connectivity index is 1.98. The maximum Gasteiger partial charge on any atom is 0.185 e. The molecule has 2 heterocycles. The second-order valence-corrected chi connectivity index (χ2v) is 6.40. The Bertz CT molecular complexity index is 388. The smallest absolute Gasteiger partial charge is 0.185 e. The predicted molar refractivity (Wildman–Crippen MR) is 85.8 cm³/mol. The minimum atomic E-state index is 0.765. The lowest BCUT2D eigenvalue weighted by molar-refractivity contribution is 0.199. The number of hydrogen-bond acceptors (Lipinski definition) is 5. The Morgan fingerprint density at radius 2 is 2.10 bits per heavy atom. The Kier molecular flexibility index (Phi) is 6.76. The van der Waals surface area contributed by atoms with Gasteiger partial charge in [0.2, 0.25) is 0 Å². The Morgan fingerprint density at radius 3 is 2.80 bits per heavy atom. The number of aryl methyl sites for hydroxylation is 1. The van der Waals surface area contributed by atoms with Gasteiger partial charge in [-0.3, -0.25) is 0 Å². The van der Waals surface area contributed by atoms with Crippen molar-refractivity contribution in [3.8, 4) is 0 Å². The van der Waals surface area contributed by atoms with Gasteiger partial charge in [0.25, 0.3) is 0 Å². The molecule has 0 unspecified atom stereocenters. The van der Waals surface area contributed by atoms with Crippen LogP contribution in [0, 0.1) is 0 Å². The molecule has 0 spiro atoms. The lowest BCUT2D eigenvalue weighted by Crippen LogP contribution is -2.29. The van der Waals surface area contributed by atoms with Gasteiger partial charge in [-0.2, -0.15) is 0 Å². The van der Waals surface area contributed by atoms with Crippen molar-refractivity contribution in [3.05, 3.63) is 10.6 Å². The largest absolute Gasteiger partial charge is 0.383 e. The van der Waals surface area contributed by atoms with Crippen LogP contribution in [0.5, 0.6) is 0 Å². The van der Waals surface area contributed by atoms with E-state index in [9.17, 15) is 0 Å². The molecule has 1 N–H and O–H groups in total. The Labute approximate surface area is 126 Å². The van der Waals surface area contributed by atoms with Gasteiger partial charge in [-0.05, 0) is 25.7 Å². The molecule has 1 aromatic heterocycles. The molecule has 0 atom stereocenters. The Morgan fingerprint density at radius 1 is 1.30 bits per heavy atom. The van der Waals surface area contributed by atoms with Crippen molar-refractivity contribution in [2.75, 3.05) is 38.3 Å². The molecule has 4 nitrogen and oxygen atoms in total. The number of aromatic nitrogens is 1. The lowest BCUT2D eigenvalue weighted by Gasteiger charge is -2.25. The van der Waals surface area contributed by atoms with Gasteiger partial charge in [-0.1, -0.05) is 13.3 Å². The third-order valence-electron chi connectivity index (χ3n) is 3.65. The van der Waals surface area contributed by atoms with Crippen LogP contribution in [0.2, 0.25) is 0 Å². The molecule has 5 heteroatoms. The molecule has 114 valence electrons. The van der Waals surface area contributed by atoms with Crippen LogP contribution >= 0.6 is 11.3 Å². The highest BCUT2D eigenvalue weighted by molar-refractivity contribution is 7.15. The van der Waals surface area contributed by atoms with Gasteiger partial charge >= 0.3 is 0 Å². The third-order valence-corrected chi connectivity index (χ3v) is 4.81. The molecular formula is C15H27N3OS. The molecule has 1 fully saturated rings. The summed E-state index contributed by atoms with van der Waals surface area (Å²) in [5.74, 6) is 0. The lowest BCUT2D eigenvalue weighted by atomic mass is 10.1. The second kappa shape index (κ2) is 8.60. The number of hydrogen-bond donors (Lipinski definition) is 1. The summed E-state index contributed by atoms with van der Waals surface area (Å²) in [7, 11) is 1.74. The Hall–Kier alpha value is -0.650. The molecule has 0 bridgehead atoms. The van der Waals surface area contributed by atoms with Crippen molar-refractivity contribution in [2.45, 2.75) is 45.6 Å². The van der Waals surface area contributed by atoms with Crippen LogP contribution < -0.4 is 10.2 Å². The molecular weight excluding hydrogens is 270 g/mol. The van der Waals surface area contributed by atoms with Crippen molar-refractivity contribution in [1.82, 2.24) is 10.3 Å². The van der Waals surface area contributed by atoms with Gasteiger partial charge in [-0.25, -0.2) is 4.98 Å². The first-order valence-corrected chi connectivity index (χ1v) is 8.60. The summed E-state index contributed by atoms with van der Waals surface area (Å²) >= 11 is 1.88. The van der Waals surface area contributed by atoms with Gasteiger partial charge in [0, 0.05) is 38.2 Å². The summed E-state index contributed by atoms with van der Waals surface area (Å²) in [6.45, 7) is 7.16. The van der Waals surface area contributed by atoms with E-state index in [1.165, 1.54) is 48.1 Å². The fraction of sp³-hybridized carbons (Fsp3) is 0.800. The molecule has 1 aliphatic heterocycles. The summed E-state index contributed by atoms with van der Waals surface area (Å²) in [6.07, 6.45) is 6.24. The number of thiazole rings is 1. The summed E-state index contributed by atoms with van der Waals surface area (Å²) in [5, 5.41) is 4.68. The number of nitrogens with zero attached hydrogens (tertiary/aromatic N) is 2. The van der Waals surface area contributed by atoms with Gasteiger partial charge in [0.05, 0.1) is 12.3 Å². The predicted octanol–water partition coefficient (Wildman–Crippen LogP) is 2.82. The fourth-order valence-electron chi connectivity index (χ4n) is 2.54. The highest BCUT2D eigenvalue weighted by atomic mass is 32.1. The van der Waals surface area contributed by atoms with Crippen molar-refractivity contribution in [3.63, 3.8) is 0 Å². The molecule has 0 aromatic carbocycles. The second-order valence-electron chi connectivity index (χ2n) is 5.33. The van der Waals surface area contributed by atoms with Crippen molar-refractivity contribution in [2.24, 2.45) is 0 Å². The van der Waals surface area contributed by atoms with E-state index in [2.05, 4.69) is 17.1 Å². The monoisotopic (exact) mass is 297 g/mol. The summed E-state index contributed by atoms with van der Waals surface area (Å²) in [6, 6.07) is 0. The van der Waals surface area contributed by atoms with Crippen LogP contribution in [0.15, 0.2) is 0 Å². The molecule has 1 aliphatic rings. The van der Waals surface area contributed by atoms with Crippen LogP contribution in [-0.2, 0) is 17.7 Å². The van der Waals surface area contributed by atoms with Crippen LogP contribution in [0.4, 0.5) is 5.13 Å². The van der Waals surface area contributed by atoms with Crippen molar-refractivity contribution in [1.29, 1.82) is 0 Å². The van der Waals surface area contributed by atoms with Crippen LogP contribution in [0.3, 0.4) is 0 Å². The van der Waals surface area contributed by atoms with Crippen LogP contribution in [0.25, 0.3) is 0 Å². The van der Waals surface area contributed by atoms with Crippen molar-refractivity contribution < 1.29 is 4.74 Å². The first kappa shape index (κ1) is 15.7. The highest BCUT2D eigenvalue weighted by Crippen LogP contribution is 2.29. The van der Waals surface area contributed by atoms with Gasteiger partial charge in [0.15, 0.2) is 5.13 Å². The first-order chi connectivity index (χ1) is 9.85. The molecule has 0 saturated carbocycles. The average molecular weight is 297 g/mol. The summed E-state index contributed by atoms with van der Waals surface area (Å²) in [4.78, 5) is 8.77. The SMILES string of the molecule is CCCc1nc(N2CCCCC2)sc1CNCCOC. The number of methoxy groups -OCH3 is 1. The van der Waals surface area contributed by atoms with E-state index < -0.39 is 0 Å². The number of anilines is 1. The van der Waals surface area contributed by atoms with Gasteiger partial charge in [-0.15, -0.1) is 11.3 Å². The van der Waals surface area contributed by atoms with E-state index in [0.29, 0.717) is 0 Å². The van der Waals surface area contributed by atoms with E-state index >= 15 is 0 Å². The normalized spacial score (nSPS) is 15.8. The van der Waals surface area contributed by atoms with Crippen LogP contribution in [0.1, 0.15) is 43.2 Å². The van der Waals surface area contributed by atoms with Gasteiger partial charge in [0.1, 0.15) is 0 Å². The maximum atomic E-state index is 5.07. The molecule has 20 heavy (non-hydrogen) atoms. The minimum absolute atomic E-state index is 0.765. The maximum absolute atomic E-state index is 5.07. The number of piperidine rings is 1. The van der Waals surface area contributed by atoms with E-state index in [1.54, 1.807) is 7.11 Å². The summed E-state index contributed by atoms with van der Waals surface area (Å²) < 4.78 is 5.07. The van der Waals surface area contributed by atoms with Crippen molar-refractivity contribution >= 4 is 16.5 Å². The van der Waals surface area contributed by atoms with E-state index in [0.717, 1.165) is 32.5 Å². The molecule has 0 aliphatic carbocycles. The average Bonchev–Trinajstić information content (AvgIpc) is 2.88. The standard InChI is InChI=1S/C15H27N3OS/c1-3-7-13-14(12-16-8-11-19-2)20-15(17-13)18-9-5-4-6-10-18/h16H,3-12H2,1-2H3. The minimum Gasteiger partial charge on any atom is -0.383 e. The molecule has 0 radical (unpaired) electrons. The number of ether oxygens (including phenoxy) is 1. The number of nitrogens with one attached hydrogen (secondary N) is 1. The number of rotatable bonds is 8. The molecule has 1 aromatic rings. The topological polar surface area (TPSA) is 37.4 Å². The van der Waals surface area contributed by atoms with Gasteiger partial charge < -0.3 is 15.0 Å². The zero-order valence-electron chi connectivity index (χ0n) is 12.8. The zero-order valence-corrected chi connectivity index (χ0v) is 13.6. The van der Waals surface area contributed by atoms with Crippen LogP contribution in [-0.4, -0.2) is 38.3 Å². The van der Waals surface area contributed by atoms with E-state index in [-0.39, 0.29) is 0 Å².